The topological polar surface area (TPSA) is 55.4 Å². The fraction of sp³-hybridized carbons (Fsp3) is 0.364. The molecule has 1 saturated carbocycles. The summed E-state index contributed by atoms with van der Waals surface area (Å²) in [6.45, 7) is 1.31. The summed E-state index contributed by atoms with van der Waals surface area (Å²) in [6, 6.07) is 8.22. The van der Waals surface area contributed by atoms with Crippen LogP contribution in [-0.4, -0.2) is 18.0 Å². The van der Waals surface area contributed by atoms with Crippen molar-refractivity contribution in [3.8, 4) is 0 Å². The highest BCUT2D eigenvalue weighted by Gasteiger charge is 2.45. The van der Waals surface area contributed by atoms with Crippen LogP contribution in [0.3, 0.4) is 0 Å². The second-order valence-corrected chi connectivity index (χ2v) is 7.94. The fourth-order valence-electron chi connectivity index (χ4n) is 3.73. The van der Waals surface area contributed by atoms with Crippen molar-refractivity contribution in [2.45, 2.75) is 50.3 Å². The van der Waals surface area contributed by atoms with Crippen molar-refractivity contribution in [3.05, 3.63) is 64.4 Å². The van der Waals surface area contributed by atoms with Crippen LogP contribution >= 0.6 is 11.6 Å². The van der Waals surface area contributed by atoms with Gasteiger partial charge in [0.2, 0.25) is 0 Å². The van der Waals surface area contributed by atoms with Gasteiger partial charge in [0.1, 0.15) is 5.82 Å². The SMILES string of the molecule is C[C@H](OC(=O)C1(c2cccc(F)c2)CCCC1)C(=O)Nc1cc(C(F)(F)F)ccc1Cl. The zero-order chi connectivity index (χ0) is 22.8. The van der Waals surface area contributed by atoms with Crippen molar-refractivity contribution in [1.82, 2.24) is 0 Å². The number of esters is 1. The van der Waals surface area contributed by atoms with Gasteiger partial charge in [0.25, 0.3) is 5.91 Å². The summed E-state index contributed by atoms with van der Waals surface area (Å²) in [6.07, 6.45) is -3.53. The zero-order valence-corrected chi connectivity index (χ0v) is 17.3. The molecular formula is C22H20ClF4NO3. The number of hydrogen-bond acceptors (Lipinski definition) is 3. The standard InChI is InChI=1S/C22H20ClF4NO3/c1-13(19(29)28-18-12-15(22(25,26)27)7-8-17(18)23)31-20(30)21(9-2-3-10-21)14-5-4-6-16(24)11-14/h4-8,11-13H,2-3,9-10H2,1H3,(H,28,29)/t13-/m0/s1. The Labute approximate surface area is 181 Å². The van der Waals surface area contributed by atoms with Gasteiger partial charge in [0.05, 0.1) is 21.7 Å². The molecule has 0 unspecified atom stereocenters. The molecule has 1 atom stereocenters. The van der Waals surface area contributed by atoms with Crippen molar-refractivity contribution >= 4 is 29.2 Å². The van der Waals surface area contributed by atoms with E-state index in [1.165, 1.54) is 25.1 Å². The number of benzene rings is 2. The second-order valence-electron chi connectivity index (χ2n) is 7.53. The van der Waals surface area contributed by atoms with Crippen molar-refractivity contribution in [1.29, 1.82) is 0 Å². The molecule has 0 saturated heterocycles. The lowest BCUT2D eigenvalue weighted by molar-refractivity contribution is -0.159. The van der Waals surface area contributed by atoms with Crippen LogP contribution in [0.1, 0.15) is 43.7 Å². The lowest BCUT2D eigenvalue weighted by Crippen LogP contribution is -2.40. The largest absolute Gasteiger partial charge is 0.452 e. The molecule has 3 rings (SSSR count). The minimum absolute atomic E-state index is 0.0908. The molecule has 0 heterocycles. The Morgan fingerprint density at radius 3 is 2.42 bits per heavy atom. The van der Waals surface area contributed by atoms with Crippen LogP contribution in [-0.2, 0) is 25.9 Å². The zero-order valence-electron chi connectivity index (χ0n) is 16.6. The third kappa shape index (κ3) is 5.01. The van der Waals surface area contributed by atoms with Crippen LogP contribution in [0.5, 0.6) is 0 Å². The molecule has 166 valence electrons. The molecule has 0 aromatic heterocycles. The lowest BCUT2D eigenvalue weighted by atomic mass is 9.79. The molecular weight excluding hydrogens is 438 g/mol. The number of anilines is 1. The molecule has 1 aliphatic carbocycles. The smallest absolute Gasteiger partial charge is 0.416 e. The van der Waals surface area contributed by atoms with E-state index in [4.69, 9.17) is 16.3 Å². The molecule has 2 aromatic rings. The molecule has 0 radical (unpaired) electrons. The Morgan fingerprint density at radius 1 is 1.13 bits per heavy atom. The molecule has 4 nitrogen and oxygen atoms in total. The normalized spacial score (nSPS) is 16.6. The third-order valence-corrected chi connectivity index (χ3v) is 5.76. The van der Waals surface area contributed by atoms with Crippen LogP contribution in [0.15, 0.2) is 42.5 Å². The number of carbonyl (C=O) groups is 2. The predicted octanol–water partition coefficient (Wildman–Crippen LogP) is 5.88. The molecule has 1 N–H and O–H groups in total. The van der Waals surface area contributed by atoms with Gasteiger partial charge in [0.15, 0.2) is 6.10 Å². The summed E-state index contributed by atoms with van der Waals surface area (Å²) < 4.78 is 57.9. The summed E-state index contributed by atoms with van der Waals surface area (Å²) in [5.74, 6) is -1.99. The number of hydrogen-bond donors (Lipinski definition) is 1. The van der Waals surface area contributed by atoms with Crippen LogP contribution in [0, 0.1) is 5.82 Å². The first-order valence-electron chi connectivity index (χ1n) is 9.68. The Morgan fingerprint density at radius 2 is 1.81 bits per heavy atom. The number of rotatable bonds is 5. The van der Waals surface area contributed by atoms with Gasteiger partial charge in [-0.25, -0.2) is 4.39 Å². The summed E-state index contributed by atoms with van der Waals surface area (Å²) in [7, 11) is 0. The van der Waals surface area contributed by atoms with Crippen LogP contribution in [0.25, 0.3) is 0 Å². The van der Waals surface area contributed by atoms with Gasteiger partial charge in [-0.3, -0.25) is 9.59 Å². The van der Waals surface area contributed by atoms with Crippen molar-refractivity contribution in [3.63, 3.8) is 0 Å². The number of alkyl halides is 3. The van der Waals surface area contributed by atoms with Crippen molar-refractivity contribution in [2.24, 2.45) is 0 Å². The Hall–Kier alpha value is -2.61. The van der Waals surface area contributed by atoms with Gasteiger partial charge in [-0.2, -0.15) is 13.2 Å². The highest BCUT2D eigenvalue weighted by Crippen LogP contribution is 2.42. The van der Waals surface area contributed by atoms with Crippen LogP contribution < -0.4 is 5.32 Å². The van der Waals surface area contributed by atoms with Gasteiger partial charge in [-0.1, -0.05) is 36.6 Å². The van der Waals surface area contributed by atoms with Crippen LogP contribution in [0.2, 0.25) is 5.02 Å². The first kappa shape index (κ1) is 23.1. The Kier molecular flexibility index (Phi) is 6.59. The van der Waals surface area contributed by atoms with Gasteiger partial charge in [-0.05, 0) is 55.7 Å². The fourth-order valence-corrected chi connectivity index (χ4v) is 3.90. The molecule has 1 fully saturated rings. The average Bonchev–Trinajstić information content (AvgIpc) is 3.20. The second kappa shape index (κ2) is 8.86. The van der Waals surface area contributed by atoms with E-state index in [9.17, 15) is 27.2 Å². The van der Waals surface area contributed by atoms with E-state index in [-0.39, 0.29) is 10.7 Å². The van der Waals surface area contributed by atoms with E-state index in [1.54, 1.807) is 6.07 Å². The molecule has 9 heteroatoms. The molecule has 0 spiro atoms. The first-order chi connectivity index (χ1) is 14.5. The predicted molar refractivity (Wildman–Crippen MR) is 107 cm³/mol. The van der Waals surface area contributed by atoms with E-state index in [2.05, 4.69) is 5.32 Å². The van der Waals surface area contributed by atoms with E-state index in [0.29, 0.717) is 24.5 Å². The highest BCUT2D eigenvalue weighted by molar-refractivity contribution is 6.33. The maximum atomic E-state index is 13.7. The Balaban J connectivity index is 1.75. The molecule has 1 aliphatic rings. The number of carbonyl (C=O) groups excluding carboxylic acids is 2. The van der Waals surface area contributed by atoms with Gasteiger partial charge >= 0.3 is 12.1 Å². The third-order valence-electron chi connectivity index (χ3n) is 5.43. The van der Waals surface area contributed by atoms with Gasteiger partial charge in [-0.15, -0.1) is 0 Å². The summed E-state index contributed by atoms with van der Waals surface area (Å²) >= 11 is 5.90. The number of nitrogens with one attached hydrogen (secondary N) is 1. The minimum Gasteiger partial charge on any atom is -0.452 e. The monoisotopic (exact) mass is 457 g/mol. The molecule has 1 amide bonds. The number of halogens is 5. The van der Waals surface area contributed by atoms with E-state index < -0.39 is 41.0 Å². The Bertz CT molecular complexity index is 987. The van der Waals surface area contributed by atoms with Crippen molar-refractivity contribution < 1.29 is 31.9 Å². The summed E-state index contributed by atoms with van der Waals surface area (Å²) in [4.78, 5) is 25.5. The maximum Gasteiger partial charge on any atom is 0.416 e. The highest BCUT2D eigenvalue weighted by atomic mass is 35.5. The van der Waals surface area contributed by atoms with Crippen molar-refractivity contribution in [2.75, 3.05) is 5.32 Å². The van der Waals surface area contributed by atoms with E-state index in [1.807, 2.05) is 0 Å². The lowest BCUT2D eigenvalue weighted by Gasteiger charge is -2.28. The number of ether oxygens (including phenoxy) is 1. The maximum absolute atomic E-state index is 13.7. The van der Waals surface area contributed by atoms with Gasteiger partial charge in [0, 0.05) is 0 Å². The molecule has 2 aromatic carbocycles. The average molecular weight is 458 g/mol. The molecule has 0 bridgehead atoms. The minimum atomic E-state index is -4.61. The quantitative estimate of drug-likeness (QED) is 0.450. The van der Waals surface area contributed by atoms with Crippen LogP contribution in [0.4, 0.5) is 23.2 Å². The summed E-state index contributed by atoms with van der Waals surface area (Å²) in [5.41, 5.74) is -1.81. The summed E-state index contributed by atoms with van der Waals surface area (Å²) in [5, 5.41) is 2.18. The molecule has 31 heavy (non-hydrogen) atoms. The van der Waals surface area contributed by atoms with Gasteiger partial charge < -0.3 is 10.1 Å². The van der Waals surface area contributed by atoms with E-state index in [0.717, 1.165) is 25.0 Å². The molecule has 0 aliphatic heterocycles. The number of amides is 1. The first-order valence-corrected chi connectivity index (χ1v) is 10.1. The van der Waals surface area contributed by atoms with E-state index >= 15 is 0 Å².